The first-order valence-corrected chi connectivity index (χ1v) is 12.3. The van der Waals surface area contributed by atoms with E-state index in [4.69, 9.17) is 21.9 Å². The van der Waals surface area contributed by atoms with Crippen LogP contribution in [0.4, 0.5) is 5.69 Å². The maximum Gasteiger partial charge on any atom is 0.0830 e. The van der Waals surface area contributed by atoms with E-state index in [0.29, 0.717) is 5.92 Å². The molecule has 0 aliphatic carbocycles. The third-order valence-electron chi connectivity index (χ3n) is 6.76. The van der Waals surface area contributed by atoms with Crippen molar-refractivity contribution in [3.05, 3.63) is 76.5 Å². The molecular weight excluding hydrogens is 412 g/mol. The van der Waals surface area contributed by atoms with Gasteiger partial charge in [-0.25, -0.2) is 0 Å². The van der Waals surface area contributed by atoms with Crippen molar-refractivity contribution in [3.63, 3.8) is 0 Å². The van der Waals surface area contributed by atoms with Crippen LogP contribution in [0.25, 0.3) is 0 Å². The number of hydrogen-bond donors (Lipinski definition) is 1. The molecule has 0 radical (unpaired) electrons. The van der Waals surface area contributed by atoms with Gasteiger partial charge in [0.1, 0.15) is 0 Å². The van der Waals surface area contributed by atoms with Crippen molar-refractivity contribution in [2.75, 3.05) is 18.5 Å². The SMILES string of the molecule is Cc1cccc(C(Cc2ccc(NC(=S)C3CCOCC3)cc2)C2=CCCCC=N2)c1C. The molecule has 4 heteroatoms. The first-order chi connectivity index (χ1) is 15.6. The molecule has 1 N–H and O–H groups in total. The van der Waals surface area contributed by atoms with Gasteiger partial charge in [0, 0.05) is 42.6 Å². The number of aliphatic imine (C=N–C) groups is 1. The Morgan fingerprint density at radius 2 is 1.88 bits per heavy atom. The molecule has 1 unspecified atom stereocenters. The predicted molar refractivity (Wildman–Crippen MR) is 139 cm³/mol. The zero-order valence-electron chi connectivity index (χ0n) is 19.3. The van der Waals surface area contributed by atoms with Gasteiger partial charge in [0.05, 0.1) is 4.99 Å². The van der Waals surface area contributed by atoms with E-state index in [0.717, 1.165) is 56.0 Å². The Kier molecular flexibility index (Phi) is 7.88. The maximum atomic E-state index is 5.66. The molecule has 2 aliphatic heterocycles. The zero-order chi connectivity index (χ0) is 22.3. The highest BCUT2D eigenvalue weighted by molar-refractivity contribution is 7.80. The lowest BCUT2D eigenvalue weighted by Crippen LogP contribution is -2.27. The summed E-state index contributed by atoms with van der Waals surface area (Å²) in [7, 11) is 0. The van der Waals surface area contributed by atoms with Crippen molar-refractivity contribution in [1.29, 1.82) is 0 Å². The third kappa shape index (κ3) is 5.73. The second-order valence-electron chi connectivity index (χ2n) is 8.99. The molecule has 0 amide bonds. The summed E-state index contributed by atoms with van der Waals surface area (Å²) in [6.45, 7) is 6.05. The highest BCUT2D eigenvalue weighted by atomic mass is 32.1. The van der Waals surface area contributed by atoms with Crippen molar-refractivity contribution in [1.82, 2.24) is 0 Å². The smallest absolute Gasteiger partial charge is 0.0830 e. The highest BCUT2D eigenvalue weighted by Gasteiger charge is 2.21. The van der Waals surface area contributed by atoms with E-state index < -0.39 is 0 Å². The molecule has 0 saturated carbocycles. The van der Waals surface area contributed by atoms with Crippen molar-refractivity contribution < 1.29 is 4.74 Å². The van der Waals surface area contributed by atoms with Crippen LogP contribution in [0.3, 0.4) is 0 Å². The number of ether oxygens (including phenoxy) is 1. The van der Waals surface area contributed by atoms with Crippen LogP contribution in [-0.2, 0) is 11.2 Å². The average molecular weight is 447 g/mol. The number of thiocarbonyl (C=S) groups is 1. The summed E-state index contributed by atoms with van der Waals surface area (Å²) in [5.41, 5.74) is 7.70. The quantitative estimate of drug-likeness (QED) is 0.488. The van der Waals surface area contributed by atoms with Crippen molar-refractivity contribution in [3.8, 4) is 0 Å². The standard InChI is InChI=1S/C28H34N2OS/c1-20-7-6-8-25(21(20)2)26(27-9-4-3-5-16-29-27)19-22-10-12-24(13-11-22)30-28(32)23-14-17-31-18-15-23/h6-13,16,23,26H,3-5,14-15,17-19H2,1-2H3,(H,30,32). The van der Waals surface area contributed by atoms with Gasteiger partial charge in [0.2, 0.25) is 0 Å². The van der Waals surface area contributed by atoms with Crippen LogP contribution in [0.1, 0.15) is 60.3 Å². The minimum absolute atomic E-state index is 0.270. The van der Waals surface area contributed by atoms with Gasteiger partial charge in [-0.05, 0) is 86.8 Å². The fourth-order valence-electron chi connectivity index (χ4n) is 4.60. The number of nitrogens with zero attached hydrogens (tertiary/aromatic N) is 1. The molecule has 168 valence electrons. The topological polar surface area (TPSA) is 33.6 Å². The van der Waals surface area contributed by atoms with E-state index in [1.165, 1.54) is 34.4 Å². The van der Waals surface area contributed by atoms with Gasteiger partial charge >= 0.3 is 0 Å². The van der Waals surface area contributed by atoms with Crippen LogP contribution in [0.15, 0.2) is 59.2 Å². The van der Waals surface area contributed by atoms with E-state index in [-0.39, 0.29) is 5.92 Å². The predicted octanol–water partition coefficient (Wildman–Crippen LogP) is 6.93. The first kappa shape index (κ1) is 22.9. The summed E-state index contributed by atoms with van der Waals surface area (Å²) in [5, 5.41) is 3.45. The summed E-state index contributed by atoms with van der Waals surface area (Å²) in [4.78, 5) is 5.81. The second-order valence-corrected chi connectivity index (χ2v) is 9.43. The Morgan fingerprint density at radius 3 is 2.66 bits per heavy atom. The van der Waals surface area contributed by atoms with Crippen LogP contribution >= 0.6 is 12.2 Å². The van der Waals surface area contributed by atoms with Crippen LogP contribution in [0.2, 0.25) is 0 Å². The normalized spacial score (nSPS) is 18.0. The lowest BCUT2D eigenvalue weighted by atomic mass is 9.85. The Labute approximate surface area is 198 Å². The molecular formula is C28H34N2OS. The number of nitrogens with one attached hydrogen (secondary N) is 1. The largest absolute Gasteiger partial charge is 0.381 e. The molecule has 2 aliphatic rings. The van der Waals surface area contributed by atoms with Gasteiger partial charge in [0.15, 0.2) is 0 Å². The van der Waals surface area contributed by atoms with E-state index in [1.54, 1.807) is 0 Å². The third-order valence-corrected chi connectivity index (χ3v) is 7.20. The van der Waals surface area contributed by atoms with Gasteiger partial charge in [-0.15, -0.1) is 0 Å². The summed E-state index contributed by atoms with van der Waals surface area (Å²) >= 11 is 5.66. The molecule has 2 heterocycles. The van der Waals surface area contributed by atoms with Gasteiger partial charge in [-0.3, -0.25) is 4.99 Å². The molecule has 0 aromatic heterocycles. The zero-order valence-corrected chi connectivity index (χ0v) is 20.1. The molecule has 3 nitrogen and oxygen atoms in total. The number of benzene rings is 2. The minimum atomic E-state index is 0.270. The Bertz CT molecular complexity index is 987. The molecule has 1 fully saturated rings. The lowest BCUT2D eigenvalue weighted by Gasteiger charge is -2.24. The highest BCUT2D eigenvalue weighted by Crippen LogP contribution is 2.34. The number of aryl methyl sites for hydroxylation is 1. The molecule has 1 saturated heterocycles. The van der Waals surface area contributed by atoms with Crippen LogP contribution in [0.5, 0.6) is 0 Å². The lowest BCUT2D eigenvalue weighted by molar-refractivity contribution is 0.0833. The summed E-state index contributed by atoms with van der Waals surface area (Å²) in [6.07, 6.45) is 10.8. The molecule has 0 spiro atoms. The fourth-order valence-corrected chi connectivity index (χ4v) is 4.96. The molecule has 2 aromatic carbocycles. The Morgan fingerprint density at radius 1 is 1.09 bits per heavy atom. The van der Waals surface area contributed by atoms with Crippen LogP contribution in [-0.4, -0.2) is 24.4 Å². The second kappa shape index (κ2) is 11.0. The maximum absolute atomic E-state index is 5.66. The Balaban J connectivity index is 1.52. The number of allylic oxidation sites excluding steroid dienone is 2. The van der Waals surface area contributed by atoms with Crippen LogP contribution in [0, 0.1) is 19.8 Å². The molecule has 2 aromatic rings. The van der Waals surface area contributed by atoms with Crippen LogP contribution < -0.4 is 5.32 Å². The first-order valence-electron chi connectivity index (χ1n) is 11.9. The molecule has 0 bridgehead atoms. The molecule has 1 atom stereocenters. The fraction of sp³-hybridized carbons (Fsp3) is 0.429. The number of hydrogen-bond acceptors (Lipinski definition) is 3. The van der Waals surface area contributed by atoms with Crippen molar-refractivity contribution in [2.24, 2.45) is 10.9 Å². The van der Waals surface area contributed by atoms with Crippen molar-refractivity contribution in [2.45, 2.75) is 58.3 Å². The minimum Gasteiger partial charge on any atom is -0.381 e. The van der Waals surface area contributed by atoms with Crippen molar-refractivity contribution >= 4 is 29.1 Å². The van der Waals surface area contributed by atoms with Gasteiger partial charge in [-0.1, -0.05) is 48.6 Å². The molecule has 32 heavy (non-hydrogen) atoms. The Hall–Kier alpha value is -2.30. The number of anilines is 1. The number of rotatable bonds is 6. The average Bonchev–Trinajstić information content (AvgIpc) is 3.11. The summed E-state index contributed by atoms with van der Waals surface area (Å²) in [5.74, 6) is 0.693. The van der Waals surface area contributed by atoms with Gasteiger partial charge in [0.25, 0.3) is 0 Å². The van der Waals surface area contributed by atoms with E-state index in [9.17, 15) is 0 Å². The molecule has 4 rings (SSSR count). The van der Waals surface area contributed by atoms with Gasteiger partial charge < -0.3 is 10.1 Å². The van der Waals surface area contributed by atoms with E-state index >= 15 is 0 Å². The van der Waals surface area contributed by atoms with E-state index in [1.807, 2.05) is 0 Å². The van der Waals surface area contributed by atoms with Gasteiger partial charge in [-0.2, -0.15) is 0 Å². The van der Waals surface area contributed by atoms with E-state index in [2.05, 4.69) is 73.9 Å². The summed E-state index contributed by atoms with van der Waals surface area (Å²) < 4.78 is 5.46. The monoisotopic (exact) mass is 446 g/mol. The summed E-state index contributed by atoms with van der Waals surface area (Å²) in [6, 6.07) is 15.4.